The monoisotopic (exact) mass is 572 g/mol. The van der Waals surface area contributed by atoms with Gasteiger partial charge in [-0.2, -0.15) is 0 Å². The van der Waals surface area contributed by atoms with E-state index in [9.17, 15) is 9.59 Å². The standard InChI is InChI=1S/C28H40N4O2.C6H6.C2H6/c1-2-3-17-32-19-13-25(30-26(28(32)34)14-18-31-15-7-4-8-16-31)21-29-27(33)24-12-11-22-9-5-6-10-23(22)20-24;1-2-4-6-5-3-1;1-2/h5-6,9-12,20,25-26,30H,2-4,7-8,13-19,21H2,1H3,(H,29,33);1-6H;1-2H3/t25-,26-;;/m0../s1. The lowest BCUT2D eigenvalue weighted by atomic mass is 10.1. The lowest BCUT2D eigenvalue weighted by Crippen LogP contribution is -2.50. The number of unbranched alkanes of at least 4 members (excludes halogenated alkanes) is 1. The van der Waals surface area contributed by atoms with Crippen molar-refractivity contribution in [3.63, 3.8) is 0 Å². The Labute approximate surface area is 253 Å². The van der Waals surface area contributed by atoms with Crippen molar-refractivity contribution in [3.05, 3.63) is 84.4 Å². The van der Waals surface area contributed by atoms with E-state index in [-0.39, 0.29) is 23.9 Å². The summed E-state index contributed by atoms with van der Waals surface area (Å²) >= 11 is 0. The summed E-state index contributed by atoms with van der Waals surface area (Å²) in [6.07, 6.45) is 7.65. The van der Waals surface area contributed by atoms with Crippen LogP contribution in [0.25, 0.3) is 10.8 Å². The molecule has 3 aromatic rings. The first-order valence-electron chi connectivity index (χ1n) is 16.2. The summed E-state index contributed by atoms with van der Waals surface area (Å²) in [5.74, 6) is 0.171. The highest BCUT2D eigenvalue weighted by molar-refractivity contribution is 5.98. The van der Waals surface area contributed by atoms with E-state index in [4.69, 9.17) is 0 Å². The van der Waals surface area contributed by atoms with E-state index in [1.54, 1.807) is 0 Å². The highest BCUT2D eigenvalue weighted by Gasteiger charge is 2.31. The molecule has 0 spiro atoms. The van der Waals surface area contributed by atoms with Crippen molar-refractivity contribution in [1.29, 1.82) is 0 Å². The number of rotatable bonds is 9. The van der Waals surface area contributed by atoms with E-state index in [1.807, 2.05) is 91.5 Å². The topological polar surface area (TPSA) is 64.7 Å². The van der Waals surface area contributed by atoms with Crippen LogP contribution in [-0.2, 0) is 4.79 Å². The highest BCUT2D eigenvalue weighted by Crippen LogP contribution is 2.17. The van der Waals surface area contributed by atoms with Crippen LogP contribution in [0.1, 0.15) is 76.1 Å². The summed E-state index contributed by atoms with van der Waals surface area (Å²) in [4.78, 5) is 30.7. The van der Waals surface area contributed by atoms with Crippen molar-refractivity contribution in [3.8, 4) is 0 Å². The molecule has 0 unspecified atom stereocenters. The Morgan fingerprint density at radius 3 is 2.19 bits per heavy atom. The number of hydrogen-bond donors (Lipinski definition) is 2. The predicted octanol–water partition coefficient (Wildman–Crippen LogP) is 6.52. The fourth-order valence-corrected chi connectivity index (χ4v) is 5.55. The Morgan fingerprint density at radius 1 is 0.857 bits per heavy atom. The van der Waals surface area contributed by atoms with Gasteiger partial charge in [0.1, 0.15) is 0 Å². The number of benzene rings is 3. The SMILES string of the molecule is CC.CCCCN1CC[C@@H](CNC(=O)c2ccc3ccccc3c2)N[C@@H](CCN2CCCCC2)C1=O.c1ccccc1. The first kappa shape index (κ1) is 33.3. The Balaban J connectivity index is 0.000000530. The Hall–Kier alpha value is -3.22. The summed E-state index contributed by atoms with van der Waals surface area (Å²) in [6.45, 7) is 11.5. The number of hydrogen-bond acceptors (Lipinski definition) is 4. The molecule has 2 saturated heterocycles. The number of likely N-dealkylation sites (tertiary alicyclic amines) is 1. The van der Waals surface area contributed by atoms with Crippen molar-refractivity contribution < 1.29 is 9.59 Å². The molecule has 0 radical (unpaired) electrons. The number of carbonyl (C=O) groups is 2. The van der Waals surface area contributed by atoms with Crippen LogP contribution < -0.4 is 10.6 Å². The normalized spacial score (nSPS) is 19.1. The van der Waals surface area contributed by atoms with Crippen LogP contribution in [0.2, 0.25) is 0 Å². The second kappa shape index (κ2) is 19.1. The number of nitrogens with zero attached hydrogens (tertiary/aromatic N) is 2. The Morgan fingerprint density at radius 2 is 1.52 bits per heavy atom. The van der Waals surface area contributed by atoms with Gasteiger partial charge in [-0.05, 0) is 68.1 Å². The molecule has 0 aliphatic carbocycles. The number of amides is 2. The molecule has 3 aromatic carbocycles. The van der Waals surface area contributed by atoms with Gasteiger partial charge in [0.15, 0.2) is 0 Å². The van der Waals surface area contributed by atoms with Gasteiger partial charge in [-0.25, -0.2) is 0 Å². The lowest BCUT2D eigenvalue weighted by Gasteiger charge is -2.30. The predicted molar refractivity (Wildman–Crippen MR) is 176 cm³/mol. The average molecular weight is 573 g/mol. The first-order valence-corrected chi connectivity index (χ1v) is 16.2. The molecule has 0 bridgehead atoms. The third kappa shape index (κ3) is 10.9. The molecule has 0 aromatic heterocycles. The maximum absolute atomic E-state index is 13.3. The van der Waals surface area contributed by atoms with E-state index in [0.717, 1.165) is 69.2 Å². The van der Waals surface area contributed by atoms with Crippen LogP contribution in [0.5, 0.6) is 0 Å². The zero-order chi connectivity index (χ0) is 30.0. The number of fused-ring (bicyclic) bond motifs is 1. The second-order valence-corrected chi connectivity index (χ2v) is 11.0. The number of nitrogens with one attached hydrogen (secondary N) is 2. The summed E-state index contributed by atoms with van der Waals surface area (Å²) in [6, 6.07) is 25.8. The Bertz CT molecular complexity index is 1150. The van der Waals surface area contributed by atoms with Crippen molar-refractivity contribution in [2.75, 3.05) is 39.3 Å². The van der Waals surface area contributed by atoms with Crippen LogP contribution in [0, 0.1) is 0 Å². The lowest BCUT2D eigenvalue weighted by molar-refractivity contribution is -0.133. The number of piperidine rings is 1. The van der Waals surface area contributed by atoms with E-state index in [1.165, 1.54) is 19.3 Å². The molecule has 2 amide bonds. The van der Waals surface area contributed by atoms with Gasteiger partial charge >= 0.3 is 0 Å². The van der Waals surface area contributed by atoms with Crippen LogP contribution in [0.3, 0.4) is 0 Å². The fraction of sp³-hybridized carbons (Fsp3) is 0.500. The molecular weight excluding hydrogens is 520 g/mol. The molecule has 5 rings (SSSR count). The molecule has 0 saturated carbocycles. The minimum Gasteiger partial charge on any atom is -0.350 e. The molecule has 6 heteroatoms. The second-order valence-electron chi connectivity index (χ2n) is 11.0. The van der Waals surface area contributed by atoms with E-state index in [2.05, 4.69) is 28.5 Å². The molecule has 2 atom stereocenters. The molecular formula is C36H52N4O2. The van der Waals surface area contributed by atoms with E-state index in [0.29, 0.717) is 12.1 Å². The van der Waals surface area contributed by atoms with Gasteiger partial charge in [-0.1, -0.05) is 100 Å². The van der Waals surface area contributed by atoms with Gasteiger partial charge in [0.2, 0.25) is 5.91 Å². The van der Waals surface area contributed by atoms with Crippen molar-refractivity contribution in [1.82, 2.24) is 20.4 Å². The maximum Gasteiger partial charge on any atom is 0.251 e. The van der Waals surface area contributed by atoms with Gasteiger partial charge in [-0.3, -0.25) is 9.59 Å². The summed E-state index contributed by atoms with van der Waals surface area (Å²) < 4.78 is 0. The van der Waals surface area contributed by atoms with Gasteiger partial charge in [0.05, 0.1) is 6.04 Å². The minimum atomic E-state index is -0.177. The molecule has 2 N–H and O–H groups in total. The zero-order valence-electron chi connectivity index (χ0n) is 26.1. The van der Waals surface area contributed by atoms with Crippen LogP contribution >= 0.6 is 0 Å². The number of carbonyl (C=O) groups excluding carboxylic acids is 2. The summed E-state index contributed by atoms with van der Waals surface area (Å²) in [5, 5.41) is 8.93. The minimum absolute atomic E-state index is 0.0594. The molecule has 2 aliphatic heterocycles. The van der Waals surface area contributed by atoms with Gasteiger partial charge in [0.25, 0.3) is 5.91 Å². The molecule has 2 heterocycles. The third-order valence-corrected chi connectivity index (χ3v) is 7.95. The van der Waals surface area contributed by atoms with Crippen LogP contribution in [-0.4, -0.2) is 73.0 Å². The van der Waals surface area contributed by atoms with Crippen LogP contribution in [0.15, 0.2) is 78.9 Å². The first-order chi connectivity index (χ1) is 20.6. The highest BCUT2D eigenvalue weighted by atomic mass is 16.2. The largest absolute Gasteiger partial charge is 0.350 e. The molecule has 2 fully saturated rings. The van der Waals surface area contributed by atoms with E-state index >= 15 is 0 Å². The average Bonchev–Trinajstić information content (AvgIpc) is 3.21. The summed E-state index contributed by atoms with van der Waals surface area (Å²) in [5.41, 5.74) is 0.676. The van der Waals surface area contributed by atoms with Crippen molar-refractivity contribution in [2.24, 2.45) is 0 Å². The van der Waals surface area contributed by atoms with Gasteiger partial charge < -0.3 is 20.4 Å². The van der Waals surface area contributed by atoms with Crippen molar-refractivity contribution in [2.45, 2.75) is 77.8 Å². The van der Waals surface area contributed by atoms with E-state index < -0.39 is 0 Å². The molecule has 228 valence electrons. The van der Waals surface area contributed by atoms with Crippen LogP contribution in [0.4, 0.5) is 0 Å². The Kier molecular flexibility index (Phi) is 15.1. The quantitative estimate of drug-likeness (QED) is 0.307. The fourth-order valence-electron chi connectivity index (χ4n) is 5.55. The molecule has 42 heavy (non-hydrogen) atoms. The molecule has 6 nitrogen and oxygen atoms in total. The molecule has 2 aliphatic rings. The smallest absolute Gasteiger partial charge is 0.251 e. The zero-order valence-corrected chi connectivity index (χ0v) is 26.1. The maximum atomic E-state index is 13.3. The summed E-state index contributed by atoms with van der Waals surface area (Å²) in [7, 11) is 0. The van der Waals surface area contributed by atoms with Gasteiger partial charge in [0, 0.05) is 37.8 Å². The van der Waals surface area contributed by atoms with Crippen molar-refractivity contribution >= 4 is 22.6 Å². The van der Waals surface area contributed by atoms with Gasteiger partial charge in [-0.15, -0.1) is 0 Å². The third-order valence-electron chi connectivity index (χ3n) is 7.95.